The first kappa shape index (κ1) is 31.9. The van der Waals surface area contributed by atoms with Gasteiger partial charge in [0, 0.05) is 6.54 Å². The molecule has 224 valence electrons. The molecule has 1 unspecified atom stereocenters. The Morgan fingerprint density at radius 2 is 1.84 bits per heavy atom. The van der Waals surface area contributed by atoms with Crippen molar-refractivity contribution in [3.8, 4) is 11.4 Å². The van der Waals surface area contributed by atoms with Gasteiger partial charge in [-0.25, -0.2) is 9.78 Å². The van der Waals surface area contributed by atoms with Gasteiger partial charge in [-0.1, -0.05) is 53.2 Å². The van der Waals surface area contributed by atoms with Gasteiger partial charge in [-0.05, 0) is 67.3 Å². The van der Waals surface area contributed by atoms with E-state index in [0.717, 1.165) is 0 Å². The van der Waals surface area contributed by atoms with Crippen molar-refractivity contribution in [1.29, 1.82) is 0 Å². The van der Waals surface area contributed by atoms with Crippen LogP contribution in [0.15, 0.2) is 76.5 Å². The zero-order chi connectivity index (χ0) is 31.1. The van der Waals surface area contributed by atoms with Crippen LogP contribution in [0.3, 0.4) is 0 Å². The smallest absolute Gasteiger partial charge is 0.318 e. The van der Waals surface area contributed by atoms with Gasteiger partial charge in [-0.15, -0.1) is 0 Å². The number of urea groups is 1. The molecule has 1 heterocycles. The number of thioether (sulfide) groups is 1. The van der Waals surface area contributed by atoms with Crippen molar-refractivity contribution in [2.24, 2.45) is 10.7 Å². The Labute approximate surface area is 262 Å². The van der Waals surface area contributed by atoms with Crippen LogP contribution in [0.1, 0.15) is 24.4 Å². The van der Waals surface area contributed by atoms with Gasteiger partial charge in [0.05, 0.1) is 52.8 Å². The molecule has 0 saturated heterocycles. The Balaban J connectivity index is 1.80. The molecule has 1 atom stereocenters. The Morgan fingerprint density at radius 3 is 2.49 bits per heavy atom. The molecule has 0 saturated carbocycles. The van der Waals surface area contributed by atoms with Gasteiger partial charge in [0.1, 0.15) is 11.6 Å². The number of carbonyl (C=O) groups excluding carboxylic acids is 2. The number of hydrogen-bond acceptors (Lipinski definition) is 7. The monoisotopic (exact) mass is 640 g/mol. The molecule has 0 bridgehead atoms. The summed E-state index contributed by atoms with van der Waals surface area (Å²) in [5, 5.41) is 3.94. The number of amides is 3. The predicted octanol–water partition coefficient (Wildman–Crippen LogP) is 5.22. The number of halogens is 2. The van der Waals surface area contributed by atoms with E-state index < -0.39 is 12.1 Å². The Hall–Kier alpha value is -4.06. The van der Waals surface area contributed by atoms with E-state index in [1.165, 1.54) is 16.3 Å². The number of ether oxygens (including phenoxy) is 1. The number of rotatable bonds is 9. The summed E-state index contributed by atoms with van der Waals surface area (Å²) in [5.41, 5.74) is 6.71. The maximum absolute atomic E-state index is 13.9. The summed E-state index contributed by atoms with van der Waals surface area (Å²) >= 11 is 13.5. The Bertz CT molecular complexity index is 1730. The standard InChI is InChI=1S/C30H30Cl2N6O4S/c1-18(27-35-25-7-5-4-6-22(25)28(40)38(27)20-9-11-21(42-2)12-10-20)37(15-14-34-30(43-3)36-29(33)41)26(39)17-19-8-13-23(31)24(32)16-19/h4-13,16,18H,14-15,17H2,1-3H3,(H3,33,34,36,41). The Kier molecular flexibility index (Phi) is 10.7. The minimum atomic E-state index is -0.738. The third-order valence-electron chi connectivity index (χ3n) is 6.65. The maximum Gasteiger partial charge on any atom is 0.318 e. The fraction of sp³-hybridized carbons (Fsp3) is 0.233. The largest absolute Gasteiger partial charge is 0.497 e. The van der Waals surface area contributed by atoms with Gasteiger partial charge in [-0.2, -0.15) is 0 Å². The zero-order valence-corrected chi connectivity index (χ0v) is 26.0. The molecule has 43 heavy (non-hydrogen) atoms. The average Bonchev–Trinajstić information content (AvgIpc) is 3.00. The van der Waals surface area contributed by atoms with Crippen molar-refractivity contribution in [1.82, 2.24) is 19.8 Å². The summed E-state index contributed by atoms with van der Waals surface area (Å²) in [6.07, 6.45) is 1.76. The van der Waals surface area contributed by atoms with Crippen LogP contribution >= 0.6 is 35.0 Å². The van der Waals surface area contributed by atoms with E-state index in [1.54, 1.807) is 85.0 Å². The molecule has 3 amide bonds. The zero-order valence-electron chi connectivity index (χ0n) is 23.7. The van der Waals surface area contributed by atoms with Crippen molar-refractivity contribution >= 4 is 63.0 Å². The van der Waals surface area contributed by atoms with Crippen LogP contribution in [-0.2, 0) is 11.2 Å². The number of aliphatic imine (C=N–C) groups is 1. The minimum Gasteiger partial charge on any atom is -0.497 e. The van der Waals surface area contributed by atoms with Crippen LogP contribution in [-0.4, -0.2) is 58.0 Å². The number of amidine groups is 1. The molecule has 13 heteroatoms. The third kappa shape index (κ3) is 7.67. The van der Waals surface area contributed by atoms with Crippen molar-refractivity contribution in [3.05, 3.63) is 98.5 Å². The second-order valence-electron chi connectivity index (χ2n) is 9.39. The number of benzene rings is 3. The number of nitrogens with two attached hydrogens (primary N) is 1. The minimum absolute atomic E-state index is 0.0141. The number of nitrogens with zero attached hydrogens (tertiary/aromatic N) is 4. The lowest BCUT2D eigenvalue weighted by Crippen LogP contribution is -2.40. The van der Waals surface area contributed by atoms with Crippen molar-refractivity contribution in [2.75, 3.05) is 26.5 Å². The predicted molar refractivity (Wildman–Crippen MR) is 173 cm³/mol. The number of hydrogen-bond donors (Lipinski definition) is 2. The highest BCUT2D eigenvalue weighted by Crippen LogP contribution is 2.26. The maximum atomic E-state index is 13.9. The van der Waals surface area contributed by atoms with Crippen LogP contribution in [0.5, 0.6) is 5.75 Å². The highest BCUT2D eigenvalue weighted by atomic mass is 35.5. The van der Waals surface area contributed by atoms with E-state index in [4.69, 9.17) is 38.7 Å². The van der Waals surface area contributed by atoms with Crippen molar-refractivity contribution < 1.29 is 14.3 Å². The molecule has 4 rings (SSSR count). The third-order valence-corrected chi connectivity index (χ3v) is 8.01. The van der Waals surface area contributed by atoms with E-state index in [-0.39, 0.29) is 31.0 Å². The van der Waals surface area contributed by atoms with E-state index in [1.807, 2.05) is 6.92 Å². The number of methoxy groups -OCH3 is 1. The summed E-state index contributed by atoms with van der Waals surface area (Å²) < 4.78 is 6.81. The molecule has 3 aromatic carbocycles. The number of para-hydroxylation sites is 1. The van der Waals surface area contributed by atoms with Crippen LogP contribution < -0.4 is 21.3 Å². The van der Waals surface area contributed by atoms with Crippen LogP contribution in [0.4, 0.5) is 4.79 Å². The molecular formula is C30H30Cl2N6O4S. The van der Waals surface area contributed by atoms with Crippen molar-refractivity contribution in [3.63, 3.8) is 0 Å². The van der Waals surface area contributed by atoms with Gasteiger partial charge in [0.2, 0.25) is 5.91 Å². The summed E-state index contributed by atoms with van der Waals surface area (Å²) in [7, 11) is 1.56. The first-order valence-electron chi connectivity index (χ1n) is 13.2. The lowest BCUT2D eigenvalue weighted by Gasteiger charge is -2.30. The van der Waals surface area contributed by atoms with E-state index >= 15 is 0 Å². The molecule has 0 aliphatic carbocycles. The number of carbonyl (C=O) groups is 2. The van der Waals surface area contributed by atoms with Crippen LogP contribution in [0.2, 0.25) is 10.0 Å². The van der Waals surface area contributed by atoms with Gasteiger partial charge in [-0.3, -0.25) is 24.5 Å². The Morgan fingerprint density at radius 1 is 1.12 bits per heavy atom. The highest BCUT2D eigenvalue weighted by molar-refractivity contribution is 8.13. The summed E-state index contributed by atoms with van der Waals surface area (Å²) in [5.74, 6) is 0.740. The quantitative estimate of drug-likeness (QED) is 0.190. The second kappa shape index (κ2) is 14.4. The van der Waals surface area contributed by atoms with Crippen LogP contribution in [0, 0.1) is 0 Å². The van der Waals surface area contributed by atoms with E-state index in [0.29, 0.717) is 48.9 Å². The first-order valence-corrected chi connectivity index (χ1v) is 15.2. The lowest BCUT2D eigenvalue weighted by atomic mass is 10.1. The van der Waals surface area contributed by atoms with Crippen LogP contribution in [0.25, 0.3) is 16.6 Å². The van der Waals surface area contributed by atoms with E-state index in [9.17, 15) is 14.4 Å². The highest BCUT2D eigenvalue weighted by Gasteiger charge is 2.27. The molecule has 4 aromatic rings. The van der Waals surface area contributed by atoms with Gasteiger partial charge in [0.25, 0.3) is 5.56 Å². The molecule has 1 aromatic heterocycles. The molecule has 10 nitrogen and oxygen atoms in total. The molecular weight excluding hydrogens is 611 g/mol. The molecule has 0 fully saturated rings. The number of primary amides is 1. The SMILES string of the molecule is COc1ccc(-n2c(C(C)N(CCN=C(NC(N)=O)SC)C(=O)Cc3ccc(Cl)c(Cl)c3)nc3ccccc3c2=O)cc1. The fourth-order valence-electron chi connectivity index (χ4n) is 4.53. The van der Waals surface area contributed by atoms with Gasteiger partial charge in [0.15, 0.2) is 5.17 Å². The van der Waals surface area contributed by atoms with E-state index in [2.05, 4.69) is 10.3 Å². The number of fused-ring (bicyclic) bond motifs is 1. The summed E-state index contributed by atoms with van der Waals surface area (Å²) in [6.45, 7) is 2.11. The van der Waals surface area contributed by atoms with Gasteiger partial charge < -0.3 is 15.4 Å². The number of nitrogens with one attached hydrogen (secondary N) is 1. The molecule has 0 radical (unpaired) electrons. The first-order chi connectivity index (χ1) is 20.6. The molecule has 0 aliphatic heterocycles. The molecule has 3 N–H and O–H groups in total. The van der Waals surface area contributed by atoms with Gasteiger partial charge >= 0.3 is 6.03 Å². The van der Waals surface area contributed by atoms with Crippen molar-refractivity contribution in [2.45, 2.75) is 19.4 Å². The summed E-state index contributed by atoms with van der Waals surface area (Å²) in [4.78, 5) is 50.0. The summed E-state index contributed by atoms with van der Waals surface area (Å²) in [6, 6.07) is 17.7. The average molecular weight is 642 g/mol. The fourth-order valence-corrected chi connectivity index (χ4v) is 5.27. The molecule has 0 spiro atoms. The second-order valence-corrected chi connectivity index (χ2v) is 11.0. The number of aromatic nitrogens is 2. The topological polar surface area (TPSA) is 132 Å². The lowest BCUT2D eigenvalue weighted by molar-refractivity contribution is -0.132. The molecule has 0 aliphatic rings. The normalized spacial score (nSPS) is 12.2.